The summed E-state index contributed by atoms with van der Waals surface area (Å²) in [5.41, 5.74) is 3.70. The van der Waals surface area contributed by atoms with E-state index in [0.29, 0.717) is 19.3 Å². The number of aryl methyl sites for hydroxylation is 2. The molecule has 1 spiro atoms. The Morgan fingerprint density at radius 2 is 1.95 bits per heavy atom. The fourth-order valence-electron chi connectivity index (χ4n) is 7.36. The summed E-state index contributed by atoms with van der Waals surface area (Å²) in [6.45, 7) is 11.9. The second kappa shape index (κ2) is 11.3. The standard InChI is InChI=1S/C33H40N2O5S/c1-6-17-34(25-18-21(3)13-14-22(25)4)30(38)28-33-16-15-32(5,41-33)27(31(39)40-7-2)26(33)29(37)35(28)24(20-36)19-23-11-9-8-10-12-23/h6,8-14,18,24,26-28,36H,1,7,15-17,19-20H2,2-5H3/t24-,26+,27-,28?,32+,33?/m1/s1. The molecule has 6 atom stereocenters. The first kappa shape index (κ1) is 29.4. The average Bonchev–Trinajstić information content (AvgIpc) is 3.53. The van der Waals surface area contributed by atoms with Crippen molar-refractivity contribution in [3.05, 3.63) is 77.9 Å². The number of carbonyl (C=O) groups is 3. The van der Waals surface area contributed by atoms with Crippen LogP contribution in [-0.2, 0) is 25.5 Å². The van der Waals surface area contributed by atoms with E-state index in [4.69, 9.17) is 4.74 Å². The number of ether oxygens (including phenoxy) is 1. The van der Waals surface area contributed by atoms with E-state index in [1.165, 1.54) is 0 Å². The van der Waals surface area contributed by atoms with Crippen molar-refractivity contribution in [3.63, 3.8) is 0 Å². The van der Waals surface area contributed by atoms with E-state index in [9.17, 15) is 19.5 Å². The summed E-state index contributed by atoms with van der Waals surface area (Å²) < 4.78 is 4.20. The lowest BCUT2D eigenvalue weighted by atomic mass is 9.66. The number of likely N-dealkylation sites (tertiary alicyclic amines) is 1. The van der Waals surface area contributed by atoms with Gasteiger partial charge in [-0.05, 0) is 69.7 Å². The Labute approximate surface area is 246 Å². The Kier molecular flexibility index (Phi) is 8.09. The molecule has 1 N–H and O–H groups in total. The van der Waals surface area contributed by atoms with Crippen molar-refractivity contribution in [2.45, 2.75) is 68.5 Å². The molecule has 2 unspecified atom stereocenters. The monoisotopic (exact) mass is 576 g/mol. The van der Waals surface area contributed by atoms with Gasteiger partial charge in [0.25, 0.3) is 5.91 Å². The number of aliphatic hydroxyl groups is 1. The third-order valence-corrected chi connectivity index (χ3v) is 11.1. The Morgan fingerprint density at radius 1 is 1.22 bits per heavy atom. The summed E-state index contributed by atoms with van der Waals surface area (Å²) >= 11 is 1.61. The van der Waals surface area contributed by atoms with Crippen LogP contribution in [0.5, 0.6) is 0 Å². The molecule has 7 nitrogen and oxygen atoms in total. The highest BCUT2D eigenvalue weighted by Crippen LogP contribution is 2.72. The fraction of sp³-hybridized carbons (Fsp3) is 0.485. The van der Waals surface area contributed by atoms with E-state index >= 15 is 0 Å². The van der Waals surface area contributed by atoms with E-state index < -0.39 is 33.4 Å². The molecule has 3 fully saturated rings. The molecule has 3 saturated heterocycles. The maximum Gasteiger partial charge on any atom is 0.311 e. The molecule has 218 valence electrons. The fourth-order valence-corrected chi connectivity index (χ4v) is 9.68. The highest BCUT2D eigenvalue weighted by molar-refractivity contribution is 8.02. The summed E-state index contributed by atoms with van der Waals surface area (Å²) in [6.07, 6.45) is 3.43. The first-order valence-corrected chi connectivity index (χ1v) is 15.3. The largest absolute Gasteiger partial charge is 0.466 e. The maximum atomic E-state index is 14.9. The van der Waals surface area contributed by atoms with Crippen LogP contribution in [0.3, 0.4) is 0 Å². The quantitative estimate of drug-likeness (QED) is 0.332. The van der Waals surface area contributed by atoms with E-state index in [-0.39, 0.29) is 37.5 Å². The Morgan fingerprint density at radius 3 is 2.61 bits per heavy atom. The number of fused-ring (bicyclic) bond motifs is 1. The van der Waals surface area contributed by atoms with Gasteiger partial charge in [-0.15, -0.1) is 18.3 Å². The number of hydrogen-bond donors (Lipinski definition) is 1. The predicted molar refractivity (Wildman–Crippen MR) is 162 cm³/mol. The van der Waals surface area contributed by atoms with Crippen LogP contribution in [0.1, 0.15) is 43.4 Å². The van der Waals surface area contributed by atoms with Gasteiger partial charge < -0.3 is 19.6 Å². The minimum Gasteiger partial charge on any atom is -0.466 e. The minimum absolute atomic E-state index is 0.206. The summed E-state index contributed by atoms with van der Waals surface area (Å²) in [7, 11) is 0. The molecule has 3 aliphatic rings. The van der Waals surface area contributed by atoms with Crippen LogP contribution >= 0.6 is 11.8 Å². The van der Waals surface area contributed by atoms with Gasteiger partial charge in [0.05, 0.1) is 35.8 Å². The number of aliphatic hydroxyl groups excluding tert-OH is 1. The number of rotatable bonds is 10. The Hall–Kier alpha value is -3.10. The first-order chi connectivity index (χ1) is 19.6. The molecular weight excluding hydrogens is 536 g/mol. The van der Waals surface area contributed by atoms with Gasteiger partial charge in [-0.25, -0.2) is 0 Å². The van der Waals surface area contributed by atoms with E-state index in [2.05, 4.69) is 6.58 Å². The number of benzene rings is 2. The lowest BCUT2D eigenvalue weighted by molar-refractivity contribution is -0.155. The van der Waals surface area contributed by atoms with Crippen molar-refractivity contribution in [3.8, 4) is 0 Å². The van der Waals surface area contributed by atoms with Crippen molar-refractivity contribution in [2.75, 3.05) is 24.7 Å². The van der Waals surface area contributed by atoms with Gasteiger partial charge in [0.15, 0.2) is 0 Å². The Balaban J connectivity index is 1.65. The van der Waals surface area contributed by atoms with Gasteiger partial charge in [-0.3, -0.25) is 14.4 Å². The van der Waals surface area contributed by atoms with Crippen LogP contribution in [0, 0.1) is 25.7 Å². The van der Waals surface area contributed by atoms with Gasteiger partial charge in [-0.2, -0.15) is 0 Å². The molecule has 0 radical (unpaired) electrons. The molecule has 3 aliphatic heterocycles. The molecule has 2 amide bonds. The van der Waals surface area contributed by atoms with Crippen LogP contribution < -0.4 is 4.90 Å². The second-order valence-corrected chi connectivity index (χ2v) is 13.7. The SMILES string of the molecule is C=CCN(C(=O)C1N([C@@H](CO)Cc2ccccc2)C(=O)[C@@H]2[C@H](C(=O)OCC)[C@]3(C)CCC12S3)c1cc(C)ccc1C. The van der Waals surface area contributed by atoms with Crippen LogP contribution in [0.4, 0.5) is 5.69 Å². The average molecular weight is 577 g/mol. The van der Waals surface area contributed by atoms with Crippen LogP contribution in [0.15, 0.2) is 61.2 Å². The van der Waals surface area contributed by atoms with Crippen molar-refractivity contribution >= 4 is 35.2 Å². The normalized spacial score (nSPS) is 28.9. The number of hydrogen-bond acceptors (Lipinski definition) is 6. The topological polar surface area (TPSA) is 87.2 Å². The lowest BCUT2D eigenvalue weighted by Crippen LogP contribution is -2.58. The molecule has 2 aromatic carbocycles. The zero-order chi connectivity index (χ0) is 29.5. The molecule has 0 aromatic heterocycles. The second-order valence-electron chi connectivity index (χ2n) is 11.8. The van der Waals surface area contributed by atoms with Crippen LogP contribution in [-0.4, -0.2) is 69.1 Å². The van der Waals surface area contributed by atoms with Gasteiger partial charge in [0, 0.05) is 17.0 Å². The van der Waals surface area contributed by atoms with Crippen molar-refractivity contribution in [2.24, 2.45) is 11.8 Å². The molecule has 8 heteroatoms. The van der Waals surface area contributed by atoms with E-state index in [1.807, 2.05) is 69.3 Å². The number of carbonyl (C=O) groups excluding carboxylic acids is 3. The van der Waals surface area contributed by atoms with E-state index in [0.717, 1.165) is 22.4 Å². The number of amides is 2. The molecule has 0 saturated carbocycles. The zero-order valence-electron chi connectivity index (χ0n) is 24.3. The predicted octanol–water partition coefficient (Wildman–Crippen LogP) is 4.47. The van der Waals surface area contributed by atoms with Crippen molar-refractivity contribution in [1.82, 2.24) is 4.90 Å². The van der Waals surface area contributed by atoms with Crippen LogP contribution in [0.2, 0.25) is 0 Å². The van der Waals surface area contributed by atoms with E-state index in [1.54, 1.807) is 34.6 Å². The third kappa shape index (κ3) is 4.79. The van der Waals surface area contributed by atoms with Gasteiger partial charge >= 0.3 is 5.97 Å². The minimum atomic E-state index is -0.855. The maximum absolute atomic E-state index is 14.9. The molecule has 2 aromatic rings. The number of esters is 1. The summed E-state index contributed by atoms with van der Waals surface area (Å²) in [5, 5.41) is 10.7. The molecule has 0 aliphatic carbocycles. The lowest BCUT2D eigenvalue weighted by Gasteiger charge is -2.40. The summed E-state index contributed by atoms with van der Waals surface area (Å²) in [5.74, 6) is -2.18. The summed E-state index contributed by atoms with van der Waals surface area (Å²) in [4.78, 5) is 46.3. The zero-order valence-corrected chi connectivity index (χ0v) is 25.2. The summed E-state index contributed by atoms with van der Waals surface area (Å²) in [6, 6.07) is 14.2. The van der Waals surface area contributed by atoms with Gasteiger partial charge in [-0.1, -0.05) is 48.5 Å². The van der Waals surface area contributed by atoms with Gasteiger partial charge in [0.2, 0.25) is 5.91 Å². The van der Waals surface area contributed by atoms with Crippen molar-refractivity contribution in [1.29, 1.82) is 0 Å². The van der Waals surface area contributed by atoms with Crippen LogP contribution in [0.25, 0.3) is 0 Å². The molecule has 41 heavy (non-hydrogen) atoms. The molecular formula is C33H40N2O5S. The highest BCUT2D eigenvalue weighted by Gasteiger charge is 2.78. The number of anilines is 1. The first-order valence-electron chi connectivity index (χ1n) is 14.4. The van der Waals surface area contributed by atoms with Gasteiger partial charge in [0.1, 0.15) is 6.04 Å². The Bertz CT molecular complexity index is 1350. The smallest absolute Gasteiger partial charge is 0.311 e. The molecule has 3 heterocycles. The number of thioether (sulfide) groups is 1. The number of nitrogens with zero attached hydrogens (tertiary/aromatic N) is 2. The highest BCUT2D eigenvalue weighted by atomic mass is 32.2. The molecule has 5 rings (SSSR count). The molecule has 2 bridgehead atoms. The third-order valence-electron chi connectivity index (χ3n) is 9.14. The van der Waals surface area contributed by atoms with Crippen molar-refractivity contribution < 1.29 is 24.2 Å².